The third-order valence-corrected chi connectivity index (χ3v) is 3.06. The first-order chi connectivity index (χ1) is 7.65. The Kier molecular flexibility index (Phi) is 5.49. The van der Waals surface area contributed by atoms with E-state index in [1.807, 2.05) is 0 Å². The Morgan fingerprint density at radius 3 is 2.94 bits per heavy atom. The largest absolute Gasteiger partial charge is 0.493 e. The first-order valence-electron chi connectivity index (χ1n) is 4.88. The van der Waals surface area contributed by atoms with Gasteiger partial charge in [0, 0.05) is 5.75 Å². The predicted molar refractivity (Wildman–Crippen MR) is 66.9 cm³/mol. The van der Waals surface area contributed by atoms with Crippen LogP contribution in [0.5, 0.6) is 5.75 Å². The van der Waals surface area contributed by atoms with Gasteiger partial charge in [-0.05, 0) is 24.0 Å². The van der Waals surface area contributed by atoms with Crippen LogP contribution in [-0.2, 0) is 0 Å². The average Bonchev–Trinajstić information content (AvgIpc) is 2.26. The summed E-state index contributed by atoms with van der Waals surface area (Å²) in [5.41, 5.74) is 0.0716. The zero-order chi connectivity index (χ0) is 12.0. The predicted octanol–water partition coefficient (Wildman–Crippen LogP) is 3.17. The zero-order valence-corrected chi connectivity index (χ0v) is 10.5. The van der Waals surface area contributed by atoms with Gasteiger partial charge in [-0.25, -0.2) is 4.79 Å². The molecule has 0 unspecified atom stereocenters. The summed E-state index contributed by atoms with van der Waals surface area (Å²) in [5, 5.41) is 9.08. The highest BCUT2D eigenvalue weighted by molar-refractivity contribution is 7.99. The molecule has 0 fully saturated rings. The molecule has 16 heavy (non-hydrogen) atoms. The smallest absolute Gasteiger partial charge is 0.337 e. The molecule has 1 N–H and O–H groups in total. The monoisotopic (exact) mass is 260 g/mol. The third kappa shape index (κ3) is 3.94. The van der Waals surface area contributed by atoms with Crippen LogP contribution in [0.4, 0.5) is 0 Å². The van der Waals surface area contributed by atoms with Crippen LogP contribution in [0.2, 0.25) is 5.02 Å². The first kappa shape index (κ1) is 13.2. The number of aromatic carboxylic acids is 1. The van der Waals surface area contributed by atoms with Crippen molar-refractivity contribution in [2.75, 3.05) is 18.1 Å². The van der Waals surface area contributed by atoms with E-state index in [2.05, 4.69) is 6.92 Å². The van der Waals surface area contributed by atoms with Crippen molar-refractivity contribution in [3.8, 4) is 5.75 Å². The van der Waals surface area contributed by atoms with E-state index in [0.717, 1.165) is 11.5 Å². The molecule has 88 valence electrons. The Morgan fingerprint density at radius 2 is 2.31 bits per heavy atom. The van der Waals surface area contributed by atoms with E-state index >= 15 is 0 Å². The number of hydrogen-bond donors (Lipinski definition) is 1. The lowest BCUT2D eigenvalue weighted by molar-refractivity contribution is 0.0696. The molecule has 1 aromatic carbocycles. The van der Waals surface area contributed by atoms with Crippen LogP contribution >= 0.6 is 23.4 Å². The second-order valence-corrected chi connectivity index (χ2v) is 4.79. The van der Waals surface area contributed by atoms with Crippen molar-refractivity contribution in [2.45, 2.75) is 6.92 Å². The fourth-order valence-electron chi connectivity index (χ4n) is 1.12. The Labute approximate surface area is 104 Å². The highest BCUT2D eigenvalue weighted by Gasteiger charge is 2.09. The molecule has 1 rings (SSSR count). The van der Waals surface area contributed by atoms with Gasteiger partial charge in [0.05, 0.1) is 17.2 Å². The molecule has 0 spiro atoms. The minimum atomic E-state index is -1.04. The first-order valence-corrected chi connectivity index (χ1v) is 6.41. The number of halogens is 1. The van der Waals surface area contributed by atoms with E-state index in [0.29, 0.717) is 12.4 Å². The second-order valence-electron chi connectivity index (χ2n) is 2.99. The summed E-state index contributed by atoms with van der Waals surface area (Å²) in [7, 11) is 0. The maximum absolute atomic E-state index is 10.8. The maximum atomic E-state index is 10.8. The molecule has 0 radical (unpaired) electrons. The average molecular weight is 261 g/mol. The molecule has 5 heteroatoms. The minimum Gasteiger partial charge on any atom is -0.493 e. The fourth-order valence-corrected chi connectivity index (χ4v) is 1.81. The molecule has 0 aliphatic heterocycles. The molecular weight excluding hydrogens is 248 g/mol. The van der Waals surface area contributed by atoms with Crippen molar-refractivity contribution >= 4 is 29.3 Å². The molecule has 0 amide bonds. The number of hydrogen-bond acceptors (Lipinski definition) is 3. The van der Waals surface area contributed by atoms with Crippen molar-refractivity contribution in [2.24, 2.45) is 0 Å². The van der Waals surface area contributed by atoms with Gasteiger partial charge in [0.1, 0.15) is 5.75 Å². The molecule has 0 aliphatic carbocycles. The van der Waals surface area contributed by atoms with E-state index in [9.17, 15) is 4.79 Å². The van der Waals surface area contributed by atoms with Gasteiger partial charge in [0.25, 0.3) is 0 Å². The molecule has 0 aliphatic rings. The molecule has 0 bridgehead atoms. The van der Waals surface area contributed by atoms with E-state index in [4.69, 9.17) is 21.4 Å². The molecule has 0 aromatic heterocycles. The molecule has 0 atom stereocenters. The second kappa shape index (κ2) is 6.66. The highest BCUT2D eigenvalue weighted by atomic mass is 35.5. The highest BCUT2D eigenvalue weighted by Crippen LogP contribution is 2.22. The summed E-state index contributed by atoms with van der Waals surface area (Å²) >= 11 is 7.51. The lowest BCUT2D eigenvalue weighted by Crippen LogP contribution is -2.03. The Hall–Kier alpha value is -0.870. The van der Waals surface area contributed by atoms with Gasteiger partial charge in [0.2, 0.25) is 0 Å². The van der Waals surface area contributed by atoms with Gasteiger partial charge in [-0.15, -0.1) is 0 Å². The summed E-state index contributed by atoms with van der Waals surface area (Å²) in [5.74, 6) is 1.43. The minimum absolute atomic E-state index is 0.0716. The molecular formula is C11H13ClO3S. The quantitative estimate of drug-likeness (QED) is 0.798. The van der Waals surface area contributed by atoms with Crippen LogP contribution in [0.1, 0.15) is 17.3 Å². The molecule has 0 heterocycles. The van der Waals surface area contributed by atoms with Gasteiger partial charge in [-0.2, -0.15) is 11.8 Å². The van der Waals surface area contributed by atoms with Crippen LogP contribution in [0.25, 0.3) is 0 Å². The number of carboxylic acid groups (broad SMARTS) is 1. The summed E-state index contributed by atoms with van der Waals surface area (Å²) in [6.07, 6.45) is 0. The number of rotatable bonds is 6. The van der Waals surface area contributed by atoms with Crippen molar-refractivity contribution < 1.29 is 14.6 Å². The lowest BCUT2D eigenvalue weighted by atomic mass is 10.2. The van der Waals surface area contributed by atoms with E-state index in [1.54, 1.807) is 17.8 Å². The van der Waals surface area contributed by atoms with E-state index in [-0.39, 0.29) is 10.6 Å². The van der Waals surface area contributed by atoms with Crippen molar-refractivity contribution in [1.82, 2.24) is 0 Å². The van der Waals surface area contributed by atoms with E-state index in [1.165, 1.54) is 12.1 Å². The topological polar surface area (TPSA) is 46.5 Å². The normalized spacial score (nSPS) is 10.1. The number of thioether (sulfide) groups is 1. The van der Waals surface area contributed by atoms with E-state index < -0.39 is 5.97 Å². The summed E-state index contributed by atoms with van der Waals surface area (Å²) in [6.45, 7) is 2.65. The van der Waals surface area contributed by atoms with Gasteiger partial charge in [-0.3, -0.25) is 0 Å². The lowest BCUT2D eigenvalue weighted by Gasteiger charge is -2.07. The fraction of sp³-hybridized carbons (Fsp3) is 0.364. The summed E-state index contributed by atoms with van der Waals surface area (Å²) in [6, 6.07) is 4.65. The zero-order valence-electron chi connectivity index (χ0n) is 8.90. The van der Waals surface area contributed by atoms with Crippen LogP contribution in [0.15, 0.2) is 18.2 Å². The van der Waals surface area contributed by atoms with Gasteiger partial charge >= 0.3 is 5.97 Å². The van der Waals surface area contributed by atoms with Crippen LogP contribution in [0.3, 0.4) is 0 Å². The number of carbonyl (C=O) groups is 1. The molecule has 0 saturated heterocycles. The molecule has 3 nitrogen and oxygen atoms in total. The Balaban J connectivity index is 2.61. The van der Waals surface area contributed by atoms with Crippen molar-refractivity contribution in [3.63, 3.8) is 0 Å². The van der Waals surface area contributed by atoms with Crippen LogP contribution < -0.4 is 4.74 Å². The summed E-state index contributed by atoms with van der Waals surface area (Å²) in [4.78, 5) is 10.8. The number of carboxylic acids is 1. The van der Waals surface area contributed by atoms with Crippen molar-refractivity contribution in [3.05, 3.63) is 28.8 Å². The number of ether oxygens (including phenoxy) is 1. The van der Waals surface area contributed by atoms with Crippen molar-refractivity contribution in [1.29, 1.82) is 0 Å². The molecule has 1 aromatic rings. The Bertz CT molecular complexity index is 368. The maximum Gasteiger partial charge on any atom is 0.337 e. The molecule has 0 saturated carbocycles. The number of benzene rings is 1. The van der Waals surface area contributed by atoms with Gasteiger partial charge in [0.15, 0.2) is 0 Å². The standard InChI is InChI=1S/C11H13ClO3S/c1-2-16-6-5-15-8-3-4-10(12)9(7-8)11(13)14/h3-4,7H,2,5-6H2,1H3,(H,13,14). The van der Waals surface area contributed by atoms with Gasteiger partial charge < -0.3 is 9.84 Å². The third-order valence-electron chi connectivity index (χ3n) is 1.87. The van der Waals surface area contributed by atoms with Crippen LogP contribution in [0, 0.1) is 0 Å². The van der Waals surface area contributed by atoms with Gasteiger partial charge in [-0.1, -0.05) is 18.5 Å². The SMILES string of the molecule is CCSCCOc1ccc(Cl)c(C(=O)O)c1. The Morgan fingerprint density at radius 1 is 1.56 bits per heavy atom. The van der Waals surface area contributed by atoms with Crippen LogP contribution in [-0.4, -0.2) is 29.2 Å². The summed E-state index contributed by atoms with van der Waals surface area (Å²) < 4.78 is 5.41.